The summed E-state index contributed by atoms with van der Waals surface area (Å²) in [5.41, 5.74) is -0.0351. The predicted molar refractivity (Wildman–Crippen MR) is 95.2 cm³/mol. The summed E-state index contributed by atoms with van der Waals surface area (Å²) < 4.78 is 15.6. The molecule has 0 aliphatic carbocycles. The maximum atomic E-state index is 12.6. The molecule has 0 unspecified atom stereocenters. The van der Waals surface area contributed by atoms with Gasteiger partial charge in [-0.1, -0.05) is 0 Å². The fourth-order valence-corrected chi connectivity index (χ4v) is 2.73. The van der Waals surface area contributed by atoms with Crippen molar-refractivity contribution >= 4 is 16.9 Å². The molecule has 0 bridgehead atoms. The van der Waals surface area contributed by atoms with Crippen LogP contribution >= 0.6 is 0 Å². The number of phenols is 3. The zero-order valence-corrected chi connectivity index (χ0v) is 14.5. The molecule has 0 spiro atoms. The maximum Gasteiger partial charge on any atom is 0.310 e. The number of ether oxygens (including phenoxy) is 2. The second-order valence-electron chi connectivity index (χ2n) is 5.71. The average Bonchev–Trinajstić information content (AvgIpc) is 2.65. The number of methoxy groups -OCH3 is 2. The summed E-state index contributed by atoms with van der Waals surface area (Å²) >= 11 is 0. The zero-order chi connectivity index (χ0) is 19.7. The van der Waals surface area contributed by atoms with Gasteiger partial charge in [-0.15, -0.1) is 0 Å². The van der Waals surface area contributed by atoms with Gasteiger partial charge in [0.1, 0.15) is 28.2 Å². The first-order valence-electron chi connectivity index (χ1n) is 7.81. The Hall–Kier alpha value is -3.68. The van der Waals surface area contributed by atoms with Gasteiger partial charge in [-0.05, 0) is 18.2 Å². The number of carbonyl (C=O) groups is 1. The Morgan fingerprint density at radius 3 is 2.41 bits per heavy atom. The van der Waals surface area contributed by atoms with E-state index in [1.165, 1.54) is 38.5 Å². The SMILES string of the molecule is COC(=O)Cc1c(OC)cc(O)c2c(=O)cc(-c3ccc(O)c(O)c3)oc12. The van der Waals surface area contributed by atoms with E-state index in [9.17, 15) is 24.9 Å². The molecule has 3 rings (SSSR count). The van der Waals surface area contributed by atoms with Gasteiger partial charge in [0, 0.05) is 23.3 Å². The number of carbonyl (C=O) groups excluding carboxylic acids is 1. The standard InChI is InChI=1S/C19H16O8/c1-25-16-8-14(23)18-13(22)7-15(9-3-4-11(20)12(21)5-9)27-19(18)10(16)6-17(24)26-2/h3-5,7-8,20-21,23H,6H2,1-2H3. The van der Waals surface area contributed by atoms with E-state index in [1.54, 1.807) is 0 Å². The summed E-state index contributed by atoms with van der Waals surface area (Å²) in [7, 11) is 2.57. The van der Waals surface area contributed by atoms with Crippen molar-refractivity contribution in [3.8, 4) is 34.3 Å². The molecule has 0 aliphatic heterocycles. The summed E-state index contributed by atoms with van der Waals surface area (Å²) in [6.45, 7) is 0. The highest BCUT2D eigenvalue weighted by molar-refractivity contribution is 5.92. The molecule has 0 saturated heterocycles. The largest absolute Gasteiger partial charge is 0.507 e. The molecule has 0 atom stereocenters. The number of hydrogen-bond acceptors (Lipinski definition) is 8. The Kier molecular flexibility index (Phi) is 4.64. The average molecular weight is 372 g/mol. The summed E-state index contributed by atoms with van der Waals surface area (Å²) in [4.78, 5) is 24.3. The number of phenolic OH excluding ortho intramolecular Hbond substituents is 3. The van der Waals surface area contributed by atoms with Gasteiger partial charge < -0.3 is 29.2 Å². The molecule has 0 saturated carbocycles. The maximum absolute atomic E-state index is 12.6. The van der Waals surface area contributed by atoms with Crippen molar-refractivity contribution in [1.82, 2.24) is 0 Å². The van der Waals surface area contributed by atoms with E-state index in [1.807, 2.05) is 0 Å². The third-order valence-electron chi connectivity index (χ3n) is 4.07. The smallest absolute Gasteiger partial charge is 0.310 e. The first-order chi connectivity index (χ1) is 12.8. The Balaban J connectivity index is 2.33. The van der Waals surface area contributed by atoms with Gasteiger partial charge in [0.15, 0.2) is 16.9 Å². The third kappa shape index (κ3) is 3.24. The number of aromatic hydroxyl groups is 3. The molecular weight excluding hydrogens is 356 g/mol. The van der Waals surface area contributed by atoms with Gasteiger partial charge in [-0.2, -0.15) is 0 Å². The number of fused-ring (bicyclic) bond motifs is 1. The highest BCUT2D eigenvalue weighted by atomic mass is 16.5. The van der Waals surface area contributed by atoms with Gasteiger partial charge in [0.05, 0.1) is 20.6 Å². The van der Waals surface area contributed by atoms with Crippen LogP contribution in [0.15, 0.2) is 39.5 Å². The van der Waals surface area contributed by atoms with Crippen LogP contribution in [0.25, 0.3) is 22.3 Å². The number of rotatable bonds is 4. The molecule has 0 amide bonds. The van der Waals surface area contributed by atoms with Crippen molar-refractivity contribution in [3.05, 3.63) is 46.1 Å². The molecule has 1 heterocycles. The number of benzene rings is 2. The minimum Gasteiger partial charge on any atom is -0.507 e. The van der Waals surface area contributed by atoms with Crippen LogP contribution in [0.1, 0.15) is 5.56 Å². The second kappa shape index (κ2) is 6.91. The van der Waals surface area contributed by atoms with Crippen molar-refractivity contribution in [2.75, 3.05) is 14.2 Å². The van der Waals surface area contributed by atoms with E-state index in [0.717, 1.165) is 6.07 Å². The lowest BCUT2D eigenvalue weighted by Gasteiger charge is -2.13. The second-order valence-corrected chi connectivity index (χ2v) is 5.71. The molecule has 8 nitrogen and oxygen atoms in total. The molecule has 27 heavy (non-hydrogen) atoms. The van der Waals surface area contributed by atoms with Crippen molar-refractivity contribution in [2.24, 2.45) is 0 Å². The minimum atomic E-state index is -0.587. The van der Waals surface area contributed by atoms with E-state index in [0.29, 0.717) is 5.56 Å². The van der Waals surface area contributed by atoms with Crippen LogP contribution in [0.2, 0.25) is 0 Å². The van der Waals surface area contributed by atoms with Gasteiger partial charge in [0.25, 0.3) is 0 Å². The molecule has 0 radical (unpaired) electrons. The minimum absolute atomic E-state index is 0.0349. The highest BCUT2D eigenvalue weighted by Crippen LogP contribution is 2.37. The lowest BCUT2D eigenvalue weighted by Crippen LogP contribution is -2.09. The van der Waals surface area contributed by atoms with Crippen LogP contribution in [0.4, 0.5) is 0 Å². The van der Waals surface area contributed by atoms with Crippen LogP contribution in [0, 0.1) is 0 Å². The summed E-state index contributed by atoms with van der Waals surface area (Å²) in [6, 6.07) is 6.28. The van der Waals surface area contributed by atoms with Gasteiger partial charge >= 0.3 is 5.97 Å². The summed E-state index contributed by atoms with van der Waals surface area (Å²) in [6.07, 6.45) is -0.246. The number of esters is 1. The summed E-state index contributed by atoms with van der Waals surface area (Å²) in [5, 5.41) is 29.2. The molecule has 8 heteroatoms. The molecular formula is C19H16O8. The Morgan fingerprint density at radius 1 is 1.04 bits per heavy atom. The fourth-order valence-electron chi connectivity index (χ4n) is 2.73. The Bertz CT molecular complexity index is 1100. The van der Waals surface area contributed by atoms with Crippen LogP contribution < -0.4 is 10.2 Å². The van der Waals surface area contributed by atoms with Gasteiger partial charge in [0.2, 0.25) is 0 Å². The van der Waals surface area contributed by atoms with E-state index < -0.39 is 17.1 Å². The van der Waals surface area contributed by atoms with Crippen molar-refractivity contribution in [2.45, 2.75) is 6.42 Å². The first kappa shape index (κ1) is 18.1. The van der Waals surface area contributed by atoms with Crippen LogP contribution in [-0.4, -0.2) is 35.5 Å². The molecule has 0 aliphatic rings. The normalized spacial score (nSPS) is 10.7. The molecule has 0 fully saturated rings. The van der Waals surface area contributed by atoms with E-state index in [-0.39, 0.29) is 46.0 Å². The van der Waals surface area contributed by atoms with E-state index in [2.05, 4.69) is 4.74 Å². The predicted octanol–water partition coefficient (Wildman–Crippen LogP) is 2.30. The Morgan fingerprint density at radius 2 is 1.78 bits per heavy atom. The van der Waals surface area contributed by atoms with E-state index in [4.69, 9.17) is 9.15 Å². The lowest BCUT2D eigenvalue weighted by atomic mass is 10.0. The van der Waals surface area contributed by atoms with Crippen LogP contribution in [0.3, 0.4) is 0 Å². The first-order valence-corrected chi connectivity index (χ1v) is 7.81. The molecule has 140 valence electrons. The van der Waals surface area contributed by atoms with Gasteiger partial charge in [-0.25, -0.2) is 0 Å². The van der Waals surface area contributed by atoms with Crippen molar-refractivity contribution < 1.29 is 34.0 Å². The molecule has 2 aromatic carbocycles. The zero-order valence-electron chi connectivity index (χ0n) is 14.5. The molecule has 1 aromatic heterocycles. The van der Waals surface area contributed by atoms with Crippen molar-refractivity contribution in [3.63, 3.8) is 0 Å². The topological polar surface area (TPSA) is 126 Å². The molecule has 3 aromatic rings. The monoisotopic (exact) mass is 372 g/mol. The van der Waals surface area contributed by atoms with E-state index >= 15 is 0 Å². The number of hydrogen-bond donors (Lipinski definition) is 3. The summed E-state index contributed by atoms with van der Waals surface area (Å²) in [5.74, 6) is -1.44. The Labute approximate surface area is 152 Å². The highest BCUT2D eigenvalue weighted by Gasteiger charge is 2.21. The van der Waals surface area contributed by atoms with Gasteiger partial charge in [-0.3, -0.25) is 9.59 Å². The fraction of sp³-hybridized carbons (Fsp3) is 0.158. The third-order valence-corrected chi connectivity index (χ3v) is 4.07. The molecule has 3 N–H and O–H groups in total. The van der Waals surface area contributed by atoms with Crippen LogP contribution in [0.5, 0.6) is 23.0 Å². The van der Waals surface area contributed by atoms with Crippen molar-refractivity contribution in [1.29, 1.82) is 0 Å². The lowest BCUT2D eigenvalue weighted by molar-refractivity contribution is -0.139. The van der Waals surface area contributed by atoms with Crippen LogP contribution in [-0.2, 0) is 16.0 Å². The quantitative estimate of drug-likeness (QED) is 0.470.